The summed E-state index contributed by atoms with van der Waals surface area (Å²) in [5, 5.41) is 3.12. The van der Waals surface area contributed by atoms with Gasteiger partial charge in [0, 0.05) is 19.1 Å². The minimum Gasteiger partial charge on any atom is -0.495 e. The molecule has 1 aromatic rings. The summed E-state index contributed by atoms with van der Waals surface area (Å²) in [6.45, 7) is 5.67. The molecule has 0 saturated carbocycles. The van der Waals surface area contributed by atoms with Crippen LogP contribution in [0.2, 0.25) is 0 Å². The van der Waals surface area contributed by atoms with Crippen LogP contribution in [-0.4, -0.2) is 37.7 Å². The summed E-state index contributed by atoms with van der Waals surface area (Å²) in [6.07, 6.45) is 3.46. The van der Waals surface area contributed by atoms with Crippen molar-refractivity contribution in [3.8, 4) is 5.75 Å². The summed E-state index contributed by atoms with van der Waals surface area (Å²) in [5.74, 6) is 0.863. The number of nitrogens with zero attached hydrogens (tertiary/aromatic N) is 1. The van der Waals surface area contributed by atoms with E-state index in [4.69, 9.17) is 10.5 Å². The molecule has 5 heteroatoms. The molecule has 5 nitrogen and oxygen atoms in total. The van der Waals surface area contributed by atoms with Crippen LogP contribution in [0, 0.1) is 0 Å². The number of amides is 1. The van der Waals surface area contributed by atoms with E-state index in [-0.39, 0.29) is 11.9 Å². The van der Waals surface area contributed by atoms with E-state index in [0.717, 1.165) is 43.8 Å². The SMILES string of the molecule is CCCC(C)(N)C(=O)NC1CCN(c2ccccc2OC)CC1. The number of piperidine rings is 1. The van der Waals surface area contributed by atoms with Crippen molar-refractivity contribution >= 4 is 11.6 Å². The summed E-state index contributed by atoms with van der Waals surface area (Å²) in [5.41, 5.74) is 6.46. The van der Waals surface area contributed by atoms with Gasteiger partial charge >= 0.3 is 0 Å². The average Bonchev–Trinajstić information content (AvgIpc) is 2.55. The van der Waals surface area contributed by atoms with Crippen LogP contribution in [0.25, 0.3) is 0 Å². The topological polar surface area (TPSA) is 67.6 Å². The highest BCUT2D eigenvalue weighted by Gasteiger charge is 2.30. The van der Waals surface area contributed by atoms with Crippen molar-refractivity contribution < 1.29 is 9.53 Å². The van der Waals surface area contributed by atoms with Crippen LogP contribution in [0.1, 0.15) is 39.5 Å². The molecule has 1 fully saturated rings. The highest BCUT2D eigenvalue weighted by Crippen LogP contribution is 2.29. The third kappa shape index (κ3) is 4.38. The van der Waals surface area contributed by atoms with Crippen molar-refractivity contribution in [2.45, 2.75) is 51.1 Å². The average molecular weight is 319 g/mol. The fourth-order valence-electron chi connectivity index (χ4n) is 3.14. The maximum Gasteiger partial charge on any atom is 0.240 e. The molecule has 1 atom stereocenters. The molecule has 23 heavy (non-hydrogen) atoms. The van der Waals surface area contributed by atoms with E-state index in [2.05, 4.69) is 16.3 Å². The molecule has 3 N–H and O–H groups in total. The molecule has 0 spiro atoms. The van der Waals surface area contributed by atoms with E-state index in [0.29, 0.717) is 6.42 Å². The first-order valence-electron chi connectivity index (χ1n) is 8.45. The molecule has 1 unspecified atom stereocenters. The van der Waals surface area contributed by atoms with E-state index in [1.807, 2.05) is 32.0 Å². The molecule has 0 bridgehead atoms. The monoisotopic (exact) mass is 319 g/mol. The van der Waals surface area contributed by atoms with Crippen molar-refractivity contribution in [1.29, 1.82) is 0 Å². The van der Waals surface area contributed by atoms with E-state index in [1.54, 1.807) is 7.11 Å². The van der Waals surface area contributed by atoms with Crippen molar-refractivity contribution in [3.63, 3.8) is 0 Å². The van der Waals surface area contributed by atoms with Gasteiger partial charge in [0.05, 0.1) is 18.3 Å². The van der Waals surface area contributed by atoms with Crippen LogP contribution < -0.4 is 20.7 Å². The van der Waals surface area contributed by atoms with Gasteiger partial charge in [-0.05, 0) is 38.3 Å². The maximum atomic E-state index is 12.3. The number of para-hydroxylation sites is 2. The van der Waals surface area contributed by atoms with Gasteiger partial charge in [-0.1, -0.05) is 25.5 Å². The molecule has 1 amide bonds. The second-order valence-electron chi connectivity index (χ2n) is 6.57. The lowest BCUT2D eigenvalue weighted by Gasteiger charge is -2.36. The van der Waals surface area contributed by atoms with Gasteiger partial charge in [0.1, 0.15) is 5.75 Å². The molecule has 0 radical (unpaired) electrons. The highest BCUT2D eigenvalue weighted by molar-refractivity contribution is 5.85. The molecule has 1 saturated heterocycles. The largest absolute Gasteiger partial charge is 0.495 e. The van der Waals surface area contributed by atoms with E-state index < -0.39 is 5.54 Å². The van der Waals surface area contributed by atoms with Gasteiger partial charge in [0.2, 0.25) is 5.91 Å². The minimum absolute atomic E-state index is 0.0323. The second-order valence-corrected chi connectivity index (χ2v) is 6.57. The zero-order chi connectivity index (χ0) is 16.9. The van der Waals surface area contributed by atoms with Crippen LogP contribution in [0.3, 0.4) is 0 Å². The maximum absolute atomic E-state index is 12.3. The molecule has 1 aliphatic rings. The van der Waals surface area contributed by atoms with Gasteiger partial charge < -0.3 is 20.7 Å². The number of anilines is 1. The predicted molar refractivity (Wildman–Crippen MR) is 93.9 cm³/mol. The fraction of sp³-hybridized carbons (Fsp3) is 0.611. The standard InChI is InChI=1S/C18H29N3O2/c1-4-11-18(2,19)17(22)20-14-9-12-21(13-10-14)15-7-5-6-8-16(15)23-3/h5-8,14H,4,9-13,19H2,1-3H3,(H,20,22). The van der Waals surface area contributed by atoms with E-state index in [1.165, 1.54) is 0 Å². The Morgan fingerprint density at radius 1 is 1.39 bits per heavy atom. The van der Waals surface area contributed by atoms with E-state index in [9.17, 15) is 4.79 Å². The number of carbonyl (C=O) groups excluding carboxylic acids is 1. The Morgan fingerprint density at radius 3 is 2.65 bits per heavy atom. The Bertz CT molecular complexity index is 523. The third-order valence-electron chi connectivity index (χ3n) is 4.54. The molecule has 2 rings (SSSR count). The number of methoxy groups -OCH3 is 1. The van der Waals surface area contributed by atoms with Gasteiger partial charge in [-0.2, -0.15) is 0 Å². The molecule has 1 aromatic carbocycles. The minimum atomic E-state index is -0.769. The Morgan fingerprint density at radius 2 is 2.04 bits per heavy atom. The summed E-state index contributed by atoms with van der Waals surface area (Å²) >= 11 is 0. The molecule has 1 heterocycles. The van der Waals surface area contributed by atoms with Gasteiger partial charge in [0.15, 0.2) is 0 Å². The zero-order valence-electron chi connectivity index (χ0n) is 14.5. The Balaban J connectivity index is 1.90. The van der Waals surface area contributed by atoms with Gasteiger partial charge in [-0.15, -0.1) is 0 Å². The van der Waals surface area contributed by atoms with Crippen LogP contribution in [-0.2, 0) is 4.79 Å². The quantitative estimate of drug-likeness (QED) is 0.844. The fourth-order valence-corrected chi connectivity index (χ4v) is 3.14. The van der Waals surface area contributed by atoms with Crippen molar-refractivity contribution in [2.24, 2.45) is 5.73 Å². The Kier molecular flexibility index (Phi) is 5.88. The highest BCUT2D eigenvalue weighted by atomic mass is 16.5. The lowest BCUT2D eigenvalue weighted by Crippen LogP contribution is -2.55. The number of nitrogens with one attached hydrogen (secondary N) is 1. The Hall–Kier alpha value is -1.75. The number of carbonyl (C=O) groups is 1. The first-order chi connectivity index (χ1) is 11.0. The number of hydrogen-bond donors (Lipinski definition) is 2. The zero-order valence-corrected chi connectivity index (χ0v) is 14.5. The summed E-state index contributed by atoms with van der Waals surface area (Å²) < 4.78 is 5.43. The molecule has 0 aromatic heterocycles. The summed E-state index contributed by atoms with van der Waals surface area (Å²) in [6, 6.07) is 8.26. The summed E-state index contributed by atoms with van der Waals surface area (Å²) in [4.78, 5) is 14.6. The molecular formula is C18H29N3O2. The number of rotatable bonds is 6. The predicted octanol–water partition coefficient (Wildman–Crippen LogP) is 2.30. The first kappa shape index (κ1) is 17.6. The van der Waals surface area contributed by atoms with Crippen molar-refractivity contribution in [1.82, 2.24) is 5.32 Å². The normalized spacial score (nSPS) is 18.3. The molecular weight excluding hydrogens is 290 g/mol. The number of hydrogen-bond acceptors (Lipinski definition) is 4. The second kappa shape index (κ2) is 7.68. The lowest BCUT2D eigenvalue weighted by atomic mass is 9.95. The van der Waals surface area contributed by atoms with Gasteiger partial charge in [-0.3, -0.25) is 4.79 Å². The first-order valence-corrected chi connectivity index (χ1v) is 8.45. The van der Waals surface area contributed by atoms with Crippen LogP contribution in [0.15, 0.2) is 24.3 Å². The van der Waals surface area contributed by atoms with Crippen LogP contribution in [0.4, 0.5) is 5.69 Å². The number of ether oxygens (including phenoxy) is 1. The van der Waals surface area contributed by atoms with Crippen molar-refractivity contribution in [2.75, 3.05) is 25.1 Å². The Labute approximate surface area is 139 Å². The lowest BCUT2D eigenvalue weighted by molar-refractivity contribution is -0.126. The van der Waals surface area contributed by atoms with E-state index >= 15 is 0 Å². The van der Waals surface area contributed by atoms with Crippen LogP contribution in [0.5, 0.6) is 5.75 Å². The molecule has 1 aliphatic heterocycles. The smallest absolute Gasteiger partial charge is 0.240 e. The molecule has 128 valence electrons. The number of nitrogens with two attached hydrogens (primary N) is 1. The van der Waals surface area contributed by atoms with Gasteiger partial charge in [0.25, 0.3) is 0 Å². The third-order valence-corrected chi connectivity index (χ3v) is 4.54. The summed E-state index contributed by atoms with van der Waals surface area (Å²) in [7, 11) is 1.70. The van der Waals surface area contributed by atoms with Crippen LogP contribution >= 0.6 is 0 Å². The van der Waals surface area contributed by atoms with Gasteiger partial charge in [-0.25, -0.2) is 0 Å². The molecule has 0 aliphatic carbocycles. The number of benzene rings is 1. The van der Waals surface area contributed by atoms with Crippen molar-refractivity contribution in [3.05, 3.63) is 24.3 Å².